The minimum absolute atomic E-state index is 0.0178. The van der Waals surface area contributed by atoms with Crippen molar-refractivity contribution in [3.63, 3.8) is 0 Å². The molecule has 2 saturated carbocycles. The number of hydrogen-bond acceptors (Lipinski definition) is 7. The van der Waals surface area contributed by atoms with Crippen LogP contribution in [-0.4, -0.2) is 49.9 Å². The Morgan fingerprint density at radius 2 is 1.94 bits per heavy atom. The molecule has 1 aromatic carbocycles. The fourth-order valence-electron chi connectivity index (χ4n) is 7.49. The number of ether oxygens (including phenoxy) is 4. The molecular formula is C29H37NO6. The molecule has 7 nitrogen and oxygen atoms in total. The van der Waals surface area contributed by atoms with Crippen LogP contribution < -0.4 is 9.47 Å². The third kappa shape index (κ3) is 4.20. The second-order valence-electron chi connectivity index (χ2n) is 11.5. The third-order valence-electron chi connectivity index (χ3n) is 9.35. The van der Waals surface area contributed by atoms with Crippen molar-refractivity contribution in [3.8, 4) is 11.5 Å². The zero-order valence-electron chi connectivity index (χ0n) is 21.5. The normalized spacial score (nSPS) is 34.8. The van der Waals surface area contributed by atoms with Crippen LogP contribution in [0.5, 0.6) is 11.5 Å². The quantitative estimate of drug-likeness (QED) is 0.384. The van der Waals surface area contributed by atoms with Crippen molar-refractivity contribution in [1.82, 2.24) is 4.90 Å². The van der Waals surface area contributed by atoms with Gasteiger partial charge in [-0.3, -0.25) is 9.69 Å². The summed E-state index contributed by atoms with van der Waals surface area (Å²) in [6.07, 6.45) is 7.27. The van der Waals surface area contributed by atoms with Crippen molar-refractivity contribution in [3.05, 3.63) is 47.9 Å². The average Bonchev–Trinajstić information content (AvgIpc) is 3.31. The number of epoxide rings is 1. The van der Waals surface area contributed by atoms with Gasteiger partial charge in [0.25, 0.3) is 0 Å². The molecule has 4 fully saturated rings. The topological polar surface area (TPSA) is 73.7 Å². The molecule has 0 radical (unpaired) electrons. The van der Waals surface area contributed by atoms with E-state index >= 15 is 0 Å². The van der Waals surface area contributed by atoms with Gasteiger partial charge in [0.15, 0.2) is 11.5 Å². The van der Waals surface area contributed by atoms with Crippen molar-refractivity contribution < 1.29 is 28.2 Å². The number of carbonyl (C=O) groups excluding carboxylic acids is 1. The van der Waals surface area contributed by atoms with E-state index in [-0.39, 0.29) is 34.9 Å². The highest BCUT2D eigenvalue weighted by Gasteiger charge is 2.65. The molecule has 7 heteroatoms. The van der Waals surface area contributed by atoms with E-state index in [0.29, 0.717) is 37.1 Å². The molecule has 2 aliphatic carbocycles. The highest BCUT2D eigenvalue weighted by atomic mass is 16.6. The zero-order valence-corrected chi connectivity index (χ0v) is 21.5. The van der Waals surface area contributed by atoms with Crippen LogP contribution in [-0.2, 0) is 27.4 Å². The van der Waals surface area contributed by atoms with Crippen LogP contribution in [0.4, 0.5) is 0 Å². The van der Waals surface area contributed by atoms with E-state index in [9.17, 15) is 4.79 Å². The Hall–Kier alpha value is -2.51. The smallest absolute Gasteiger partial charge is 0.310 e. The second kappa shape index (κ2) is 9.10. The van der Waals surface area contributed by atoms with E-state index in [2.05, 4.69) is 17.9 Å². The number of esters is 1. The summed E-state index contributed by atoms with van der Waals surface area (Å²) in [5, 5.41) is 0. The number of nitrogens with zero attached hydrogens (tertiary/aromatic N) is 1. The summed E-state index contributed by atoms with van der Waals surface area (Å²) >= 11 is 0. The van der Waals surface area contributed by atoms with Crippen molar-refractivity contribution >= 4 is 5.97 Å². The Morgan fingerprint density at radius 1 is 1.11 bits per heavy atom. The summed E-state index contributed by atoms with van der Waals surface area (Å²) in [5.41, 5.74) is 1.36. The third-order valence-corrected chi connectivity index (χ3v) is 9.35. The molecule has 0 amide bonds. The minimum Gasteiger partial charge on any atom is -0.493 e. The average molecular weight is 496 g/mol. The lowest BCUT2D eigenvalue weighted by molar-refractivity contribution is -0.147. The van der Waals surface area contributed by atoms with Gasteiger partial charge in [-0.15, -0.1) is 0 Å². The number of fused-ring (bicyclic) bond motifs is 3. The summed E-state index contributed by atoms with van der Waals surface area (Å²) in [5.74, 6) is 2.84. The van der Waals surface area contributed by atoms with Crippen LogP contribution in [0.25, 0.3) is 0 Å². The van der Waals surface area contributed by atoms with Crippen molar-refractivity contribution in [1.29, 1.82) is 0 Å². The van der Waals surface area contributed by atoms with E-state index in [1.54, 1.807) is 20.5 Å². The number of methoxy groups -OCH3 is 2. The Balaban J connectivity index is 1.23. The Morgan fingerprint density at radius 3 is 2.67 bits per heavy atom. The second-order valence-corrected chi connectivity index (χ2v) is 11.5. The maximum absolute atomic E-state index is 13.3. The van der Waals surface area contributed by atoms with Crippen molar-refractivity contribution in [2.75, 3.05) is 27.4 Å². The molecule has 36 heavy (non-hydrogen) atoms. The van der Waals surface area contributed by atoms with Gasteiger partial charge in [-0.2, -0.15) is 0 Å². The number of carbonyl (C=O) groups is 1. The lowest BCUT2D eigenvalue weighted by Crippen LogP contribution is -2.51. The molecule has 0 bridgehead atoms. The fraction of sp³-hybridized carbons (Fsp3) is 0.621. The van der Waals surface area contributed by atoms with Crippen molar-refractivity contribution in [2.24, 2.45) is 23.2 Å². The molecule has 6 atom stereocenters. The first-order valence-electron chi connectivity index (χ1n) is 13.2. The number of rotatable bonds is 8. The van der Waals surface area contributed by atoms with Gasteiger partial charge in [-0.1, -0.05) is 13.0 Å². The van der Waals surface area contributed by atoms with Crippen LogP contribution in [0.3, 0.4) is 0 Å². The van der Waals surface area contributed by atoms with Gasteiger partial charge in [-0.05, 0) is 73.3 Å². The van der Waals surface area contributed by atoms with Crippen molar-refractivity contribution in [2.45, 2.75) is 63.8 Å². The maximum atomic E-state index is 13.3. The summed E-state index contributed by atoms with van der Waals surface area (Å²) < 4.78 is 28.8. The molecule has 0 unspecified atom stereocenters. The van der Waals surface area contributed by atoms with Gasteiger partial charge in [0.05, 0.1) is 45.2 Å². The SMILES string of the molecule is COc1ccc(CN(Cc2ccco2)C[C@H]2C(=O)O[C@@H]3C[C@@]4(C)CCC[C@@]5(CO5)[C@@H]4C[C@H]32)cc1OC. The first kappa shape index (κ1) is 23.9. The standard InChI is InChI=1S/C29H37NO6/c1-28-9-5-10-29(18-35-29)26(28)13-21-22(27(31)36-25(21)14-28)17-30(16-20-6-4-11-34-20)15-19-7-8-23(32-2)24(12-19)33-3/h4,6-8,11-12,21-22,25-26H,5,9-10,13-18H2,1-3H3/t21-,22+,25+,26+,28+,29+/m0/s1. The van der Waals surface area contributed by atoms with Gasteiger partial charge in [-0.25, -0.2) is 0 Å². The highest BCUT2D eigenvalue weighted by molar-refractivity contribution is 5.75. The van der Waals surface area contributed by atoms with Gasteiger partial charge in [0.2, 0.25) is 0 Å². The molecule has 1 spiro atoms. The van der Waals surface area contributed by atoms with Gasteiger partial charge in [0, 0.05) is 19.0 Å². The molecule has 2 aromatic rings. The fourth-order valence-corrected chi connectivity index (χ4v) is 7.49. The van der Waals surface area contributed by atoms with E-state index in [0.717, 1.165) is 37.2 Å². The molecule has 4 aliphatic rings. The maximum Gasteiger partial charge on any atom is 0.310 e. The molecule has 3 heterocycles. The molecule has 2 aliphatic heterocycles. The largest absolute Gasteiger partial charge is 0.493 e. The van der Waals surface area contributed by atoms with Crippen LogP contribution >= 0.6 is 0 Å². The molecule has 1 aromatic heterocycles. The minimum atomic E-state index is -0.146. The monoisotopic (exact) mass is 495 g/mol. The van der Waals surface area contributed by atoms with E-state index in [1.165, 1.54) is 12.8 Å². The van der Waals surface area contributed by atoms with E-state index in [4.69, 9.17) is 23.4 Å². The van der Waals surface area contributed by atoms with Crippen LogP contribution in [0.2, 0.25) is 0 Å². The number of furan rings is 1. The molecule has 6 rings (SSSR count). The summed E-state index contributed by atoms with van der Waals surface area (Å²) in [6.45, 7) is 5.20. The lowest BCUT2D eigenvalue weighted by atomic mass is 9.53. The molecular weight excluding hydrogens is 458 g/mol. The van der Waals surface area contributed by atoms with Gasteiger partial charge in [0.1, 0.15) is 11.9 Å². The first-order valence-corrected chi connectivity index (χ1v) is 13.2. The Labute approximate surface area is 213 Å². The molecule has 194 valence electrons. The number of hydrogen-bond donors (Lipinski definition) is 0. The van der Waals surface area contributed by atoms with Gasteiger partial charge >= 0.3 is 5.97 Å². The summed E-state index contributed by atoms with van der Waals surface area (Å²) in [4.78, 5) is 15.6. The summed E-state index contributed by atoms with van der Waals surface area (Å²) in [6, 6.07) is 9.88. The van der Waals surface area contributed by atoms with Crippen LogP contribution in [0, 0.1) is 23.2 Å². The molecule has 0 N–H and O–H groups in total. The predicted octanol–water partition coefficient (Wildman–Crippen LogP) is 4.83. The zero-order chi connectivity index (χ0) is 24.9. The van der Waals surface area contributed by atoms with Crippen LogP contribution in [0.1, 0.15) is 50.4 Å². The molecule has 2 saturated heterocycles. The van der Waals surface area contributed by atoms with E-state index in [1.807, 2.05) is 24.3 Å². The van der Waals surface area contributed by atoms with Crippen LogP contribution in [0.15, 0.2) is 41.0 Å². The first-order chi connectivity index (χ1) is 17.4. The lowest BCUT2D eigenvalue weighted by Gasteiger charge is -2.51. The van der Waals surface area contributed by atoms with E-state index < -0.39 is 0 Å². The predicted molar refractivity (Wildman–Crippen MR) is 133 cm³/mol. The summed E-state index contributed by atoms with van der Waals surface area (Å²) in [7, 11) is 3.29. The number of benzene rings is 1. The highest BCUT2D eigenvalue weighted by Crippen LogP contribution is 2.62. The Bertz CT molecular complexity index is 1100. The van der Waals surface area contributed by atoms with Gasteiger partial charge < -0.3 is 23.4 Å². The Kier molecular flexibility index (Phi) is 6.03.